The van der Waals surface area contributed by atoms with Gasteiger partial charge >= 0.3 is 12.1 Å². The van der Waals surface area contributed by atoms with Gasteiger partial charge in [0.05, 0.1) is 11.6 Å². The van der Waals surface area contributed by atoms with Crippen LogP contribution in [0.1, 0.15) is 31.5 Å². The molecule has 2 N–H and O–H groups in total. The van der Waals surface area contributed by atoms with Crippen molar-refractivity contribution in [2.24, 2.45) is 5.92 Å². The maximum absolute atomic E-state index is 12.1. The number of hydrogen-bond acceptors (Lipinski definition) is 5. The first-order chi connectivity index (χ1) is 11.6. The highest BCUT2D eigenvalue weighted by Gasteiger charge is 2.27. The summed E-state index contributed by atoms with van der Waals surface area (Å²) in [5.41, 5.74) is 0.0302. The molecule has 2 atom stereocenters. The van der Waals surface area contributed by atoms with E-state index in [2.05, 4.69) is 5.32 Å². The number of esters is 1. The predicted octanol–water partition coefficient (Wildman–Crippen LogP) is 3.55. The summed E-state index contributed by atoms with van der Waals surface area (Å²) in [5, 5.41) is 2.99. The standard InChI is InChI=1S/C16H23ClNO6P/c1-11(2)15(19)23-10-24-16(20)18-9-8-14(25(3,21)22)12-4-6-13(17)7-5-12/h4-7,11,14H,8-10H2,1-3H3,(H,18,20)(H,21,22). The minimum atomic E-state index is -3.42. The van der Waals surface area contributed by atoms with Crippen LogP contribution in [0.15, 0.2) is 24.3 Å². The Labute approximate surface area is 152 Å². The third-order valence-electron chi connectivity index (χ3n) is 3.38. The Morgan fingerprint density at radius 3 is 2.36 bits per heavy atom. The molecule has 0 aliphatic rings. The zero-order chi connectivity index (χ0) is 19.0. The normalized spacial score (nSPS) is 14.5. The molecular weight excluding hydrogens is 369 g/mol. The summed E-state index contributed by atoms with van der Waals surface area (Å²) < 4.78 is 21.5. The molecule has 0 spiro atoms. The quantitative estimate of drug-likeness (QED) is 0.399. The average Bonchev–Trinajstić information content (AvgIpc) is 2.51. The van der Waals surface area contributed by atoms with E-state index in [9.17, 15) is 19.0 Å². The minimum Gasteiger partial charge on any atom is -0.428 e. The van der Waals surface area contributed by atoms with E-state index in [0.29, 0.717) is 10.6 Å². The molecule has 1 aromatic carbocycles. The summed E-state index contributed by atoms with van der Waals surface area (Å²) in [7, 11) is -3.42. The van der Waals surface area contributed by atoms with Crippen LogP contribution in [-0.2, 0) is 18.8 Å². The topological polar surface area (TPSA) is 102 Å². The number of halogens is 1. The second-order valence-electron chi connectivity index (χ2n) is 5.89. The molecule has 1 aromatic rings. The smallest absolute Gasteiger partial charge is 0.410 e. The summed E-state index contributed by atoms with van der Waals surface area (Å²) in [6.07, 6.45) is -0.525. The minimum absolute atomic E-state index is 0.128. The van der Waals surface area contributed by atoms with Crippen molar-refractivity contribution in [3.05, 3.63) is 34.9 Å². The molecule has 0 heterocycles. The molecule has 0 saturated carbocycles. The molecule has 0 bridgehead atoms. The number of ether oxygens (including phenoxy) is 2. The van der Waals surface area contributed by atoms with Crippen molar-refractivity contribution >= 4 is 31.0 Å². The van der Waals surface area contributed by atoms with Gasteiger partial charge in [-0.1, -0.05) is 37.6 Å². The van der Waals surface area contributed by atoms with Gasteiger partial charge in [-0.2, -0.15) is 0 Å². The number of rotatable bonds is 8. The van der Waals surface area contributed by atoms with Gasteiger partial charge < -0.3 is 19.7 Å². The fraction of sp³-hybridized carbons (Fsp3) is 0.500. The predicted molar refractivity (Wildman–Crippen MR) is 94.8 cm³/mol. The molecule has 0 radical (unpaired) electrons. The van der Waals surface area contributed by atoms with E-state index >= 15 is 0 Å². The van der Waals surface area contributed by atoms with Gasteiger partial charge in [-0.3, -0.25) is 9.36 Å². The Morgan fingerprint density at radius 1 is 1.24 bits per heavy atom. The monoisotopic (exact) mass is 391 g/mol. The second kappa shape index (κ2) is 9.80. The van der Waals surface area contributed by atoms with E-state index in [1.54, 1.807) is 38.1 Å². The van der Waals surface area contributed by atoms with Crippen molar-refractivity contribution < 1.29 is 28.5 Å². The number of benzene rings is 1. The first-order valence-electron chi connectivity index (χ1n) is 7.74. The van der Waals surface area contributed by atoms with Crippen molar-refractivity contribution in [2.75, 3.05) is 20.0 Å². The lowest BCUT2D eigenvalue weighted by molar-refractivity contribution is -0.155. The van der Waals surface area contributed by atoms with Crippen molar-refractivity contribution in [1.29, 1.82) is 0 Å². The maximum atomic E-state index is 12.1. The third kappa shape index (κ3) is 7.90. The van der Waals surface area contributed by atoms with E-state index in [1.165, 1.54) is 6.66 Å². The van der Waals surface area contributed by atoms with Crippen molar-refractivity contribution in [3.63, 3.8) is 0 Å². The molecular formula is C16H23ClNO6P. The lowest BCUT2D eigenvalue weighted by Crippen LogP contribution is -2.28. The van der Waals surface area contributed by atoms with E-state index < -0.39 is 31.9 Å². The zero-order valence-electron chi connectivity index (χ0n) is 14.4. The molecule has 0 fully saturated rings. The van der Waals surface area contributed by atoms with Gasteiger partial charge in [-0.15, -0.1) is 0 Å². The van der Waals surface area contributed by atoms with Crippen LogP contribution in [0.3, 0.4) is 0 Å². The summed E-state index contributed by atoms with van der Waals surface area (Å²) in [4.78, 5) is 32.7. The van der Waals surface area contributed by atoms with Gasteiger partial charge in [0.15, 0.2) is 0 Å². The van der Waals surface area contributed by atoms with Crippen molar-refractivity contribution in [3.8, 4) is 0 Å². The van der Waals surface area contributed by atoms with Crippen LogP contribution in [0.5, 0.6) is 0 Å². The van der Waals surface area contributed by atoms with Crippen LogP contribution in [0.4, 0.5) is 4.79 Å². The number of hydrogen-bond donors (Lipinski definition) is 2. The Hall–Kier alpha value is -1.56. The van der Waals surface area contributed by atoms with E-state index in [0.717, 1.165) is 0 Å². The number of amides is 1. The van der Waals surface area contributed by atoms with Crippen LogP contribution < -0.4 is 5.32 Å². The van der Waals surface area contributed by atoms with E-state index in [-0.39, 0.29) is 18.9 Å². The summed E-state index contributed by atoms with van der Waals surface area (Å²) in [5.74, 6) is -0.780. The summed E-state index contributed by atoms with van der Waals surface area (Å²) in [6.45, 7) is 4.25. The van der Waals surface area contributed by atoms with Crippen molar-refractivity contribution in [2.45, 2.75) is 25.9 Å². The fourth-order valence-corrected chi connectivity index (χ4v) is 3.50. The van der Waals surface area contributed by atoms with Crippen molar-refractivity contribution in [1.82, 2.24) is 5.32 Å². The number of carbonyl (C=O) groups is 2. The highest BCUT2D eigenvalue weighted by atomic mass is 35.5. The molecule has 1 amide bonds. The molecule has 140 valence electrons. The highest BCUT2D eigenvalue weighted by molar-refractivity contribution is 7.57. The fourth-order valence-electron chi connectivity index (χ4n) is 2.04. The first-order valence-corrected chi connectivity index (χ1v) is 10.3. The van der Waals surface area contributed by atoms with Crippen LogP contribution in [0.2, 0.25) is 5.02 Å². The molecule has 7 nitrogen and oxygen atoms in total. The average molecular weight is 392 g/mol. The Balaban J connectivity index is 2.47. The van der Waals surface area contributed by atoms with Gasteiger partial charge in [-0.25, -0.2) is 4.79 Å². The largest absolute Gasteiger partial charge is 0.428 e. The second-order valence-corrected chi connectivity index (χ2v) is 8.84. The van der Waals surface area contributed by atoms with Gasteiger partial charge in [0.25, 0.3) is 0 Å². The number of alkyl carbamates (subject to hydrolysis) is 1. The van der Waals surface area contributed by atoms with Crippen LogP contribution >= 0.6 is 19.0 Å². The lowest BCUT2D eigenvalue weighted by Gasteiger charge is -2.20. The lowest BCUT2D eigenvalue weighted by atomic mass is 10.1. The van der Waals surface area contributed by atoms with Gasteiger partial charge in [0.1, 0.15) is 0 Å². The molecule has 2 unspecified atom stereocenters. The van der Waals surface area contributed by atoms with E-state index in [4.69, 9.17) is 21.1 Å². The van der Waals surface area contributed by atoms with Gasteiger partial charge in [-0.05, 0) is 24.1 Å². The number of nitrogens with one attached hydrogen (secondary N) is 1. The van der Waals surface area contributed by atoms with Gasteiger partial charge in [0, 0.05) is 18.2 Å². The maximum Gasteiger partial charge on any atom is 0.410 e. The molecule has 9 heteroatoms. The van der Waals surface area contributed by atoms with Crippen LogP contribution in [0.25, 0.3) is 0 Å². The first kappa shape index (κ1) is 21.5. The Morgan fingerprint density at radius 2 is 1.84 bits per heavy atom. The van der Waals surface area contributed by atoms with E-state index in [1.807, 2.05) is 0 Å². The highest BCUT2D eigenvalue weighted by Crippen LogP contribution is 2.54. The Bertz CT molecular complexity index is 628. The third-order valence-corrected chi connectivity index (χ3v) is 5.35. The molecule has 0 aliphatic heterocycles. The summed E-state index contributed by atoms with van der Waals surface area (Å²) >= 11 is 5.83. The van der Waals surface area contributed by atoms with Crippen LogP contribution in [0, 0.1) is 5.92 Å². The molecule has 1 rings (SSSR count). The molecule has 0 aliphatic carbocycles. The molecule has 25 heavy (non-hydrogen) atoms. The SMILES string of the molecule is CC(C)C(=O)OCOC(=O)NCCC(c1ccc(Cl)cc1)P(C)(=O)O. The molecule has 0 saturated heterocycles. The Kier molecular flexibility index (Phi) is 8.42. The molecule has 0 aromatic heterocycles. The van der Waals surface area contributed by atoms with Crippen LogP contribution in [-0.4, -0.2) is 37.0 Å². The zero-order valence-corrected chi connectivity index (χ0v) is 16.0. The number of carbonyl (C=O) groups excluding carboxylic acids is 2. The van der Waals surface area contributed by atoms with Gasteiger partial charge in [0.2, 0.25) is 14.2 Å². The summed E-state index contributed by atoms with van der Waals surface area (Å²) in [6, 6.07) is 6.65.